The van der Waals surface area contributed by atoms with E-state index in [0.717, 1.165) is 59.1 Å². The van der Waals surface area contributed by atoms with Crippen LogP contribution in [0, 0.1) is 0 Å². The summed E-state index contributed by atoms with van der Waals surface area (Å²) in [5.74, 6) is 2.45. The molecule has 0 unspecified atom stereocenters. The molecule has 3 aromatic carbocycles. The summed E-state index contributed by atoms with van der Waals surface area (Å²) in [6.07, 6.45) is 6.65. The SMILES string of the molecule is CCCCCCCOc1ccc([C@H]2Oc3c(OC)cccc3[C@@H]3CC(c4ccccc4)=NN23)cc1. The van der Waals surface area contributed by atoms with Crippen LogP contribution in [0.15, 0.2) is 77.9 Å². The zero-order chi connectivity index (χ0) is 24.0. The Hall–Kier alpha value is -3.47. The summed E-state index contributed by atoms with van der Waals surface area (Å²) in [6.45, 7) is 2.99. The van der Waals surface area contributed by atoms with Crippen molar-refractivity contribution in [1.29, 1.82) is 0 Å². The van der Waals surface area contributed by atoms with Crippen LogP contribution >= 0.6 is 0 Å². The Morgan fingerprint density at radius 2 is 1.71 bits per heavy atom. The average Bonchev–Trinajstić information content (AvgIpc) is 3.37. The topological polar surface area (TPSA) is 43.3 Å². The number of methoxy groups -OCH3 is 1. The largest absolute Gasteiger partial charge is 0.494 e. The fourth-order valence-corrected chi connectivity index (χ4v) is 4.89. The first-order valence-electron chi connectivity index (χ1n) is 12.8. The van der Waals surface area contributed by atoms with Gasteiger partial charge in [0, 0.05) is 17.5 Å². The number of para-hydroxylation sites is 1. The van der Waals surface area contributed by atoms with Crippen molar-refractivity contribution in [2.24, 2.45) is 5.10 Å². The third-order valence-corrected chi connectivity index (χ3v) is 6.79. The van der Waals surface area contributed by atoms with E-state index in [2.05, 4.69) is 54.4 Å². The quantitative estimate of drug-likeness (QED) is 0.292. The van der Waals surface area contributed by atoms with E-state index in [0.29, 0.717) is 0 Å². The van der Waals surface area contributed by atoms with Crippen molar-refractivity contribution in [1.82, 2.24) is 5.01 Å². The molecule has 2 heterocycles. The first-order valence-corrected chi connectivity index (χ1v) is 12.8. The van der Waals surface area contributed by atoms with Crippen molar-refractivity contribution >= 4 is 5.71 Å². The van der Waals surface area contributed by atoms with Gasteiger partial charge in [-0.25, -0.2) is 5.01 Å². The van der Waals surface area contributed by atoms with Crippen LogP contribution in [0.2, 0.25) is 0 Å². The number of unbranched alkanes of at least 4 members (excludes halogenated alkanes) is 4. The highest BCUT2D eigenvalue weighted by Gasteiger charge is 2.42. The lowest BCUT2D eigenvalue weighted by Gasteiger charge is -2.38. The minimum Gasteiger partial charge on any atom is -0.494 e. The first-order chi connectivity index (χ1) is 17.3. The van der Waals surface area contributed by atoms with Gasteiger partial charge in [0.25, 0.3) is 0 Å². The minimum atomic E-state index is -0.340. The lowest BCUT2D eigenvalue weighted by molar-refractivity contribution is -0.0209. The van der Waals surface area contributed by atoms with E-state index in [1.807, 2.05) is 30.3 Å². The summed E-state index contributed by atoms with van der Waals surface area (Å²) in [4.78, 5) is 0. The van der Waals surface area contributed by atoms with E-state index in [4.69, 9.17) is 19.3 Å². The molecule has 5 heteroatoms. The highest BCUT2D eigenvalue weighted by Crippen LogP contribution is 2.50. The summed E-state index contributed by atoms with van der Waals surface area (Å²) >= 11 is 0. The lowest BCUT2D eigenvalue weighted by atomic mass is 9.95. The number of hydrogen-bond acceptors (Lipinski definition) is 5. The van der Waals surface area contributed by atoms with Crippen molar-refractivity contribution in [3.8, 4) is 17.2 Å². The van der Waals surface area contributed by atoms with Gasteiger partial charge in [0.1, 0.15) is 5.75 Å². The third kappa shape index (κ3) is 5.00. The van der Waals surface area contributed by atoms with Gasteiger partial charge in [-0.15, -0.1) is 0 Å². The molecule has 5 nitrogen and oxygen atoms in total. The average molecular weight is 471 g/mol. The zero-order valence-electron chi connectivity index (χ0n) is 20.7. The van der Waals surface area contributed by atoms with E-state index < -0.39 is 0 Å². The van der Waals surface area contributed by atoms with Crippen molar-refractivity contribution in [2.75, 3.05) is 13.7 Å². The molecule has 0 aliphatic carbocycles. The monoisotopic (exact) mass is 470 g/mol. The molecule has 0 radical (unpaired) electrons. The molecular weight excluding hydrogens is 436 g/mol. The Bertz CT molecular complexity index is 1140. The maximum atomic E-state index is 6.57. The third-order valence-electron chi connectivity index (χ3n) is 6.79. The highest BCUT2D eigenvalue weighted by molar-refractivity contribution is 6.01. The van der Waals surface area contributed by atoms with E-state index >= 15 is 0 Å². The Kier molecular flexibility index (Phi) is 7.22. The summed E-state index contributed by atoms with van der Waals surface area (Å²) in [6, 6.07) is 24.8. The van der Waals surface area contributed by atoms with Crippen molar-refractivity contribution < 1.29 is 14.2 Å². The zero-order valence-corrected chi connectivity index (χ0v) is 20.7. The second-order valence-electron chi connectivity index (χ2n) is 9.19. The van der Waals surface area contributed by atoms with Crippen LogP contribution in [0.5, 0.6) is 17.2 Å². The number of ether oxygens (including phenoxy) is 3. The van der Waals surface area contributed by atoms with Crippen LogP contribution in [0.25, 0.3) is 0 Å². The molecule has 3 aromatic rings. The minimum absolute atomic E-state index is 0.0908. The van der Waals surface area contributed by atoms with Crippen molar-refractivity contribution in [2.45, 2.75) is 57.7 Å². The van der Waals surface area contributed by atoms with Crippen LogP contribution in [0.4, 0.5) is 0 Å². The predicted octanol–water partition coefficient (Wildman–Crippen LogP) is 7.29. The molecule has 0 fully saturated rings. The van der Waals surface area contributed by atoms with Gasteiger partial charge in [0.05, 0.1) is 25.5 Å². The summed E-state index contributed by atoms with van der Waals surface area (Å²) in [7, 11) is 1.69. The number of hydrogen-bond donors (Lipinski definition) is 0. The van der Waals surface area contributed by atoms with Crippen LogP contribution in [-0.4, -0.2) is 24.4 Å². The van der Waals surface area contributed by atoms with E-state index in [9.17, 15) is 0 Å². The van der Waals surface area contributed by atoms with E-state index in [1.165, 1.54) is 25.7 Å². The number of benzene rings is 3. The molecule has 2 aliphatic heterocycles. The summed E-state index contributed by atoms with van der Waals surface area (Å²) < 4.78 is 18.2. The van der Waals surface area contributed by atoms with Gasteiger partial charge in [-0.2, -0.15) is 5.10 Å². The van der Waals surface area contributed by atoms with Gasteiger partial charge in [-0.3, -0.25) is 0 Å². The number of hydrazone groups is 1. The van der Waals surface area contributed by atoms with Crippen molar-refractivity contribution in [3.63, 3.8) is 0 Å². The van der Waals surface area contributed by atoms with Gasteiger partial charge < -0.3 is 14.2 Å². The number of nitrogens with zero attached hydrogens (tertiary/aromatic N) is 2. The second-order valence-corrected chi connectivity index (χ2v) is 9.19. The molecule has 5 rings (SSSR count). The van der Waals surface area contributed by atoms with Gasteiger partial charge in [-0.05, 0) is 42.3 Å². The Morgan fingerprint density at radius 3 is 2.49 bits per heavy atom. The first kappa shape index (κ1) is 23.3. The Morgan fingerprint density at radius 1 is 0.914 bits per heavy atom. The molecule has 0 N–H and O–H groups in total. The van der Waals surface area contributed by atoms with Crippen molar-refractivity contribution in [3.05, 3.63) is 89.5 Å². The molecule has 182 valence electrons. The lowest BCUT2D eigenvalue weighted by Crippen LogP contribution is -2.33. The van der Waals surface area contributed by atoms with Crippen LogP contribution in [0.3, 0.4) is 0 Å². The van der Waals surface area contributed by atoms with E-state index in [1.54, 1.807) is 7.11 Å². The van der Waals surface area contributed by atoms with Crippen LogP contribution in [-0.2, 0) is 0 Å². The predicted molar refractivity (Wildman–Crippen MR) is 139 cm³/mol. The molecule has 0 bridgehead atoms. The van der Waals surface area contributed by atoms with Crippen LogP contribution < -0.4 is 14.2 Å². The van der Waals surface area contributed by atoms with Gasteiger partial charge in [0.15, 0.2) is 11.5 Å². The second kappa shape index (κ2) is 10.9. The standard InChI is InChI=1S/C30H34N2O3/c1-3-4-5-6-10-20-34-24-18-16-23(17-19-24)30-32-27(21-26(31-32)22-12-8-7-9-13-22)25-14-11-15-28(33-2)29(25)35-30/h7-9,11-19,27,30H,3-6,10,20-21H2,1-2H3/t27-,30+/m0/s1. The maximum absolute atomic E-state index is 6.57. The molecular formula is C30H34N2O3. The number of fused-ring (bicyclic) bond motifs is 3. The van der Waals surface area contributed by atoms with Crippen LogP contribution in [0.1, 0.15) is 74.4 Å². The fraction of sp³-hybridized carbons (Fsp3) is 0.367. The summed E-state index contributed by atoms with van der Waals surface area (Å²) in [5.41, 5.74) is 4.37. The maximum Gasteiger partial charge on any atom is 0.214 e. The molecule has 2 atom stereocenters. The summed E-state index contributed by atoms with van der Waals surface area (Å²) in [5, 5.41) is 7.16. The molecule has 0 spiro atoms. The Labute approximate surface area is 208 Å². The number of rotatable bonds is 10. The molecule has 35 heavy (non-hydrogen) atoms. The fourth-order valence-electron chi connectivity index (χ4n) is 4.89. The molecule has 2 aliphatic rings. The Balaban J connectivity index is 1.38. The smallest absolute Gasteiger partial charge is 0.214 e. The highest BCUT2D eigenvalue weighted by atomic mass is 16.5. The normalized spacial score (nSPS) is 18.3. The molecule has 0 amide bonds. The molecule has 0 aromatic heterocycles. The van der Waals surface area contributed by atoms with Gasteiger partial charge in [0.2, 0.25) is 6.23 Å². The van der Waals surface area contributed by atoms with Gasteiger partial charge >= 0.3 is 0 Å². The van der Waals surface area contributed by atoms with Gasteiger partial charge in [-0.1, -0.05) is 75.1 Å². The molecule has 0 saturated heterocycles. The van der Waals surface area contributed by atoms with E-state index in [-0.39, 0.29) is 12.3 Å². The molecule has 0 saturated carbocycles.